The largest absolute Gasteiger partial charge is 0.304 e. The summed E-state index contributed by atoms with van der Waals surface area (Å²) in [6.07, 6.45) is 1.71. The normalized spacial score (nSPS) is 10.8. The van der Waals surface area contributed by atoms with Crippen LogP contribution in [0.25, 0.3) is 5.69 Å². The van der Waals surface area contributed by atoms with Crippen molar-refractivity contribution in [2.24, 2.45) is 7.05 Å². The lowest BCUT2D eigenvalue weighted by molar-refractivity contribution is 0.102. The first kappa shape index (κ1) is 14.9. The molecule has 0 unspecified atom stereocenters. The van der Waals surface area contributed by atoms with E-state index < -0.39 is 11.7 Å². The van der Waals surface area contributed by atoms with E-state index in [1.54, 1.807) is 50.0 Å². The van der Waals surface area contributed by atoms with E-state index in [0.29, 0.717) is 11.5 Å². The molecule has 0 aliphatic heterocycles. The molecular formula is C15H15FN6O. The number of halogens is 1. The lowest BCUT2D eigenvalue weighted by Crippen LogP contribution is -2.15. The molecule has 0 saturated heterocycles. The maximum absolute atomic E-state index is 14.1. The summed E-state index contributed by atoms with van der Waals surface area (Å²) in [5.74, 6) is -0.456. The number of anilines is 1. The number of hydrogen-bond acceptors (Lipinski definition) is 4. The molecule has 0 aliphatic rings. The summed E-state index contributed by atoms with van der Waals surface area (Å²) in [6, 6.07) is 6.45. The Labute approximate surface area is 131 Å². The van der Waals surface area contributed by atoms with Crippen molar-refractivity contribution in [2.75, 3.05) is 5.32 Å². The van der Waals surface area contributed by atoms with Gasteiger partial charge in [0.1, 0.15) is 11.5 Å². The van der Waals surface area contributed by atoms with Gasteiger partial charge in [0, 0.05) is 19.3 Å². The van der Waals surface area contributed by atoms with Gasteiger partial charge in [0.15, 0.2) is 11.5 Å². The van der Waals surface area contributed by atoms with E-state index in [1.165, 1.54) is 10.7 Å². The Bertz CT molecular complexity index is 882. The summed E-state index contributed by atoms with van der Waals surface area (Å²) >= 11 is 0. The molecule has 2 heterocycles. The van der Waals surface area contributed by atoms with Crippen LogP contribution in [0.2, 0.25) is 0 Å². The highest BCUT2D eigenvalue weighted by atomic mass is 19.1. The Kier molecular flexibility index (Phi) is 3.65. The predicted molar refractivity (Wildman–Crippen MR) is 82.0 cm³/mol. The molecule has 2 aromatic heterocycles. The fourth-order valence-electron chi connectivity index (χ4n) is 2.21. The van der Waals surface area contributed by atoms with Crippen LogP contribution in [0.5, 0.6) is 0 Å². The second kappa shape index (κ2) is 5.64. The summed E-state index contributed by atoms with van der Waals surface area (Å²) < 4.78 is 17.0. The van der Waals surface area contributed by atoms with Gasteiger partial charge in [-0.25, -0.2) is 9.07 Å². The summed E-state index contributed by atoms with van der Waals surface area (Å²) in [5.41, 5.74) is 1.62. The number of hydrogen-bond donors (Lipinski definition) is 1. The van der Waals surface area contributed by atoms with Gasteiger partial charge in [-0.2, -0.15) is 5.10 Å². The van der Waals surface area contributed by atoms with E-state index in [-0.39, 0.29) is 11.4 Å². The molecule has 1 N–H and O–H groups in total. The van der Waals surface area contributed by atoms with Crippen molar-refractivity contribution in [2.45, 2.75) is 13.8 Å². The maximum Gasteiger partial charge on any atom is 0.279 e. The topological polar surface area (TPSA) is 77.6 Å². The molecule has 0 saturated carbocycles. The molecule has 0 aliphatic carbocycles. The van der Waals surface area contributed by atoms with Crippen LogP contribution in [0.3, 0.4) is 0 Å². The molecule has 3 rings (SSSR count). The van der Waals surface area contributed by atoms with Gasteiger partial charge in [-0.3, -0.25) is 9.48 Å². The first-order valence-electron chi connectivity index (χ1n) is 6.95. The van der Waals surface area contributed by atoms with Crippen molar-refractivity contribution in [3.05, 3.63) is 53.2 Å². The van der Waals surface area contributed by atoms with Gasteiger partial charge < -0.3 is 5.32 Å². The van der Waals surface area contributed by atoms with Crippen molar-refractivity contribution in [1.29, 1.82) is 0 Å². The summed E-state index contributed by atoms with van der Waals surface area (Å²) in [5, 5.41) is 14.4. The van der Waals surface area contributed by atoms with Gasteiger partial charge in [-0.1, -0.05) is 11.3 Å². The van der Waals surface area contributed by atoms with Crippen LogP contribution in [-0.2, 0) is 7.05 Å². The van der Waals surface area contributed by atoms with Crippen molar-refractivity contribution >= 4 is 11.7 Å². The van der Waals surface area contributed by atoms with Gasteiger partial charge in [-0.05, 0) is 31.5 Å². The predicted octanol–water partition coefficient (Wildman–Crippen LogP) is 2.01. The zero-order valence-corrected chi connectivity index (χ0v) is 12.9. The Balaban J connectivity index is 1.91. The number of rotatable bonds is 3. The molecule has 1 amide bonds. The quantitative estimate of drug-likeness (QED) is 0.802. The molecule has 0 bridgehead atoms. The number of amides is 1. The Morgan fingerprint density at radius 3 is 2.70 bits per heavy atom. The van der Waals surface area contributed by atoms with Crippen LogP contribution < -0.4 is 5.32 Å². The average Bonchev–Trinajstić information content (AvgIpc) is 3.05. The lowest BCUT2D eigenvalue weighted by Gasteiger charge is -2.06. The fraction of sp³-hybridized carbons (Fsp3) is 0.200. The third-order valence-electron chi connectivity index (χ3n) is 3.40. The molecule has 0 radical (unpaired) electrons. The van der Waals surface area contributed by atoms with E-state index in [2.05, 4.69) is 20.7 Å². The van der Waals surface area contributed by atoms with E-state index in [4.69, 9.17) is 0 Å². The molecule has 0 atom stereocenters. The highest BCUT2D eigenvalue weighted by Crippen LogP contribution is 2.17. The third-order valence-corrected chi connectivity index (χ3v) is 3.40. The second-order valence-corrected chi connectivity index (χ2v) is 5.22. The number of carbonyl (C=O) groups excluding carboxylic acids is 1. The third kappa shape index (κ3) is 2.83. The SMILES string of the molecule is Cc1ccc(-n2nnc(C(=O)Nc3ccn(C)n3)c2C)c(F)c1. The zero-order valence-electron chi connectivity index (χ0n) is 12.9. The number of benzene rings is 1. The highest BCUT2D eigenvalue weighted by molar-refractivity contribution is 6.03. The lowest BCUT2D eigenvalue weighted by atomic mass is 10.2. The smallest absolute Gasteiger partial charge is 0.279 e. The van der Waals surface area contributed by atoms with Crippen molar-refractivity contribution in [3.63, 3.8) is 0 Å². The Hall–Kier alpha value is -3.03. The van der Waals surface area contributed by atoms with Crippen LogP contribution >= 0.6 is 0 Å². The van der Waals surface area contributed by atoms with Crippen molar-refractivity contribution in [1.82, 2.24) is 24.8 Å². The summed E-state index contributed by atoms with van der Waals surface area (Å²) in [7, 11) is 1.75. The first-order valence-corrected chi connectivity index (χ1v) is 6.95. The minimum atomic E-state index is -0.444. The number of carbonyl (C=O) groups is 1. The molecule has 7 nitrogen and oxygen atoms in total. The molecule has 1 aromatic carbocycles. The van der Waals surface area contributed by atoms with Gasteiger partial charge in [0.25, 0.3) is 5.91 Å². The monoisotopic (exact) mass is 314 g/mol. The van der Waals surface area contributed by atoms with E-state index >= 15 is 0 Å². The number of nitrogens with one attached hydrogen (secondary N) is 1. The summed E-state index contributed by atoms with van der Waals surface area (Å²) in [4.78, 5) is 12.3. The van der Waals surface area contributed by atoms with Crippen molar-refractivity contribution < 1.29 is 9.18 Å². The number of aryl methyl sites for hydroxylation is 2. The molecule has 3 aromatic rings. The summed E-state index contributed by atoms with van der Waals surface area (Å²) in [6.45, 7) is 3.46. The average molecular weight is 314 g/mol. The molecular weight excluding hydrogens is 299 g/mol. The molecule has 8 heteroatoms. The Morgan fingerprint density at radius 1 is 1.26 bits per heavy atom. The standard InChI is InChI=1S/C15H15FN6O/c1-9-4-5-12(11(16)8-9)22-10(2)14(18-20-22)15(23)17-13-6-7-21(3)19-13/h4-8H,1-3H3,(H,17,19,23). The zero-order chi connectivity index (χ0) is 16.6. The minimum absolute atomic E-state index is 0.121. The van der Waals surface area contributed by atoms with Crippen LogP contribution in [0.15, 0.2) is 30.5 Å². The first-order chi connectivity index (χ1) is 11.0. The second-order valence-electron chi connectivity index (χ2n) is 5.22. The fourth-order valence-corrected chi connectivity index (χ4v) is 2.21. The van der Waals surface area contributed by atoms with Gasteiger partial charge in [0.05, 0.1) is 5.69 Å². The maximum atomic E-state index is 14.1. The van der Waals surface area contributed by atoms with Gasteiger partial charge >= 0.3 is 0 Å². The number of nitrogens with zero attached hydrogens (tertiary/aromatic N) is 5. The van der Waals surface area contributed by atoms with Gasteiger partial charge in [-0.15, -0.1) is 5.10 Å². The van der Waals surface area contributed by atoms with E-state index in [0.717, 1.165) is 5.56 Å². The Morgan fingerprint density at radius 2 is 2.04 bits per heavy atom. The van der Waals surface area contributed by atoms with Crippen LogP contribution in [0.4, 0.5) is 10.2 Å². The molecule has 0 fully saturated rings. The molecule has 23 heavy (non-hydrogen) atoms. The van der Waals surface area contributed by atoms with Crippen molar-refractivity contribution in [3.8, 4) is 5.69 Å². The van der Waals surface area contributed by atoms with Gasteiger partial charge in [0.2, 0.25) is 0 Å². The van der Waals surface area contributed by atoms with Crippen LogP contribution in [-0.4, -0.2) is 30.7 Å². The number of aromatic nitrogens is 5. The van der Waals surface area contributed by atoms with Crippen LogP contribution in [0, 0.1) is 19.7 Å². The van der Waals surface area contributed by atoms with E-state index in [1.807, 2.05) is 0 Å². The van der Waals surface area contributed by atoms with Crippen LogP contribution in [0.1, 0.15) is 21.7 Å². The molecule has 118 valence electrons. The highest BCUT2D eigenvalue weighted by Gasteiger charge is 2.19. The molecule has 0 spiro atoms. The minimum Gasteiger partial charge on any atom is -0.304 e. The van der Waals surface area contributed by atoms with E-state index in [9.17, 15) is 9.18 Å².